The molecular weight excluding hydrogens is 242 g/mol. The summed E-state index contributed by atoms with van der Waals surface area (Å²) in [6.45, 7) is 5.52. The lowest BCUT2D eigenvalue weighted by atomic mass is 10.2. The van der Waals surface area contributed by atoms with E-state index in [0.29, 0.717) is 25.0 Å². The molecule has 6 nitrogen and oxygen atoms in total. The second kappa shape index (κ2) is 6.29. The third-order valence-electron chi connectivity index (χ3n) is 2.78. The van der Waals surface area contributed by atoms with Gasteiger partial charge in [0.25, 0.3) is 0 Å². The van der Waals surface area contributed by atoms with Gasteiger partial charge in [-0.15, -0.1) is 0 Å². The molecule has 0 saturated carbocycles. The molecule has 2 rings (SSSR count). The van der Waals surface area contributed by atoms with Crippen molar-refractivity contribution in [3.63, 3.8) is 0 Å². The Kier molecular flexibility index (Phi) is 4.46. The summed E-state index contributed by atoms with van der Waals surface area (Å²) in [5.74, 6) is 1.58. The van der Waals surface area contributed by atoms with Crippen molar-refractivity contribution in [1.29, 1.82) is 0 Å². The lowest BCUT2D eigenvalue weighted by Gasteiger charge is -2.11. The molecule has 0 saturated heterocycles. The van der Waals surface area contributed by atoms with Crippen LogP contribution in [-0.2, 0) is 13.1 Å². The van der Waals surface area contributed by atoms with Crippen molar-refractivity contribution in [3.8, 4) is 5.88 Å². The fourth-order valence-electron chi connectivity index (χ4n) is 1.88. The zero-order chi connectivity index (χ0) is 13.7. The summed E-state index contributed by atoms with van der Waals surface area (Å²) in [6.07, 6.45) is 3.30. The van der Waals surface area contributed by atoms with Crippen LogP contribution >= 0.6 is 0 Å². The van der Waals surface area contributed by atoms with Gasteiger partial charge in [-0.05, 0) is 19.9 Å². The second-order valence-corrected chi connectivity index (χ2v) is 4.49. The molecule has 0 aliphatic carbocycles. The predicted octanol–water partition coefficient (Wildman–Crippen LogP) is 1.55. The molecule has 19 heavy (non-hydrogen) atoms. The predicted molar refractivity (Wildman–Crippen MR) is 71.7 cm³/mol. The van der Waals surface area contributed by atoms with E-state index >= 15 is 0 Å². The van der Waals surface area contributed by atoms with Gasteiger partial charge < -0.3 is 10.1 Å². The van der Waals surface area contributed by atoms with Gasteiger partial charge in [0.05, 0.1) is 13.7 Å². The van der Waals surface area contributed by atoms with Crippen LogP contribution in [-0.4, -0.2) is 26.9 Å². The molecule has 2 heterocycles. The minimum absolute atomic E-state index is 0.312. The number of nitrogens with zero attached hydrogens (tertiary/aromatic N) is 4. The van der Waals surface area contributed by atoms with Gasteiger partial charge in [-0.25, -0.2) is 14.6 Å². The largest absolute Gasteiger partial charge is 0.481 e. The first-order valence-electron chi connectivity index (χ1n) is 6.29. The average Bonchev–Trinajstić information content (AvgIpc) is 2.88. The van der Waals surface area contributed by atoms with Gasteiger partial charge in [-0.2, -0.15) is 5.10 Å². The topological polar surface area (TPSA) is 64.9 Å². The first kappa shape index (κ1) is 13.5. The van der Waals surface area contributed by atoms with Crippen LogP contribution in [0.15, 0.2) is 24.7 Å². The Hall–Kier alpha value is -1.95. The molecule has 2 aromatic rings. The second-order valence-electron chi connectivity index (χ2n) is 4.49. The standard InChI is InChI=1S/C13H19N5O/c1-10(2)18-12(16-9-17-18)8-14-7-11-5-4-6-15-13(11)19-3/h4-6,9-10,14H,7-8H2,1-3H3. The van der Waals surface area contributed by atoms with Crippen LogP contribution in [0.1, 0.15) is 31.3 Å². The zero-order valence-corrected chi connectivity index (χ0v) is 11.5. The van der Waals surface area contributed by atoms with E-state index in [-0.39, 0.29) is 0 Å². The summed E-state index contributed by atoms with van der Waals surface area (Å²) in [5, 5.41) is 7.53. The molecule has 0 aliphatic rings. The van der Waals surface area contributed by atoms with Gasteiger partial charge in [0.15, 0.2) is 0 Å². The van der Waals surface area contributed by atoms with Gasteiger partial charge in [-0.3, -0.25) is 0 Å². The monoisotopic (exact) mass is 261 g/mol. The smallest absolute Gasteiger partial charge is 0.217 e. The molecule has 102 valence electrons. The molecule has 1 N–H and O–H groups in total. The Bertz CT molecular complexity index is 523. The number of pyridine rings is 1. The maximum atomic E-state index is 5.21. The van der Waals surface area contributed by atoms with Gasteiger partial charge >= 0.3 is 0 Å². The first-order valence-corrected chi connectivity index (χ1v) is 6.29. The van der Waals surface area contributed by atoms with E-state index in [4.69, 9.17) is 4.74 Å². The molecular formula is C13H19N5O. The van der Waals surface area contributed by atoms with E-state index in [9.17, 15) is 0 Å². The molecule has 6 heteroatoms. The lowest BCUT2D eigenvalue weighted by Crippen LogP contribution is -2.18. The Morgan fingerprint density at radius 3 is 2.89 bits per heavy atom. The van der Waals surface area contributed by atoms with Crippen molar-refractivity contribution in [2.45, 2.75) is 33.0 Å². The van der Waals surface area contributed by atoms with Crippen molar-refractivity contribution >= 4 is 0 Å². The van der Waals surface area contributed by atoms with Crippen LogP contribution in [0.4, 0.5) is 0 Å². The van der Waals surface area contributed by atoms with E-state index in [1.165, 1.54) is 0 Å². The maximum Gasteiger partial charge on any atom is 0.217 e. The Morgan fingerprint density at radius 1 is 1.32 bits per heavy atom. The molecule has 0 spiro atoms. The highest BCUT2D eigenvalue weighted by Gasteiger charge is 2.08. The minimum atomic E-state index is 0.312. The number of aromatic nitrogens is 4. The van der Waals surface area contributed by atoms with E-state index in [2.05, 4.69) is 34.2 Å². The fraction of sp³-hybridized carbons (Fsp3) is 0.462. The van der Waals surface area contributed by atoms with Crippen LogP contribution in [0.3, 0.4) is 0 Å². The fourth-order valence-corrected chi connectivity index (χ4v) is 1.88. The Morgan fingerprint density at radius 2 is 2.16 bits per heavy atom. The normalized spacial score (nSPS) is 10.9. The molecule has 0 unspecified atom stereocenters. The van der Waals surface area contributed by atoms with Crippen molar-refractivity contribution in [2.24, 2.45) is 0 Å². The maximum absolute atomic E-state index is 5.21. The quantitative estimate of drug-likeness (QED) is 0.854. The molecule has 0 aliphatic heterocycles. The summed E-state index contributed by atoms with van der Waals surface area (Å²) >= 11 is 0. The summed E-state index contributed by atoms with van der Waals surface area (Å²) in [5.41, 5.74) is 1.03. The SMILES string of the molecule is COc1ncccc1CNCc1ncnn1C(C)C. The Balaban J connectivity index is 1.95. The molecule has 0 radical (unpaired) electrons. The molecule has 0 aromatic carbocycles. The minimum Gasteiger partial charge on any atom is -0.481 e. The number of hydrogen-bond acceptors (Lipinski definition) is 5. The van der Waals surface area contributed by atoms with E-state index in [1.807, 2.05) is 16.8 Å². The highest BCUT2D eigenvalue weighted by atomic mass is 16.5. The third kappa shape index (κ3) is 3.29. The molecule has 0 bridgehead atoms. The first-order chi connectivity index (χ1) is 9.22. The highest BCUT2D eigenvalue weighted by molar-refractivity contribution is 5.24. The van der Waals surface area contributed by atoms with Crippen molar-refractivity contribution in [1.82, 2.24) is 25.1 Å². The van der Waals surface area contributed by atoms with Crippen molar-refractivity contribution < 1.29 is 4.74 Å². The van der Waals surface area contributed by atoms with Crippen LogP contribution in [0.2, 0.25) is 0 Å². The van der Waals surface area contributed by atoms with Crippen molar-refractivity contribution in [2.75, 3.05) is 7.11 Å². The van der Waals surface area contributed by atoms with Gasteiger partial charge in [0.2, 0.25) is 5.88 Å². The summed E-state index contributed by atoms with van der Waals surface area (Å²) in [4.78, 5) is 8.42. The average molecular weight is 261 g/mol. The molecule has 0 amide bonds. The van der Waals surface area contributed by atoms with Crippen molar-refractivity contribution in [3.05, 3.63) is 36.0 Å². The number of rotatable bonds is 6. The van der Waals surface area contributed by atoms with E-state index in [1.54, 1.807) is 19.6 Å². The zero-order valence-electron chi connectivity index (χ0n) is 11.5. The van der Waals surface area contributed by atoms with Crippen LogP contribution in [0.25, 0.3) is 0 Å². The van der Waals surface area contributed by atoms with Gasteiger partial charge in [-0.1, -0.05) is 6.07 Å². The highest BCUT2D eigenvalue weighted by Crippen LogP contribution is 2.13. The van der Waals surface area contributed by atoms with E-state index < -0.39 is 0 Å². The number of methoxy groups -OCH3 is 1. The summed E-state index contributed by atoms with van der Waals surface area (Å²) in [6, 6.07) is 4.20. The van der Waals surface area contributed by atoms with E-state index in [0.717, 1.165) is 11.4 Å². The molecule has 0 fully saturated rings. The lowest BCUT2D eigenvalue weighted by molar-refractivity contribution is 0.390. The van der Waals surface area contributed by atoms with Crippen LogP contribution < -0.4 is 10.1 Å². The van der Waals surface area contributed by atoms with Crippen LogP contribution in [0, 0.1) is 0 Å². The number of ether oxygens (including phenoxy) is 1. The van der Waals surface area contributed by atoms with Crippen LogP contribution in [0.5, 0.6) is 5.88 Å². The summed E-state index contributed by atoms with van der Waals surface area (Å²) < 4.78 is 7.12. The third-order valence-corrected chi connectivity index (χ3v) is 2.78. The number of nitrogens with one attached hydrogen (secondary N) is 1. The summed E-state index contributed by atoms with van der Waals surface area (Å²) in [7, 11) is 1.63. The molecule has 0 atom stereocenters. The van der Waals surface area contributed by atoms with Gasteiger partial charge in [0.1, 0.15) is 12.2 Å². The Labute approximate surface area is 112 Å². The molecule has 2 aromatic heterocycles. The van der Waals surface area contributed by atoms with Gasteiger partial charge in [0, 0.05) is 24.3 Å². The number of hydrogen-bond donors (Lipinski definition) is 1.